The molecule has 1 saturated heterocycles. The minimum Gasteiger partial charge on any atom is -0.377 e. The number of fused-ring (bicyclic) bond motifs is 2. The van der Waals surface area contributed by atoms with Crippen LogP contribution in [0.25, 0.3) is 0 Å². The predicted octanol–water partition coefficient (Wildman–Crippen LogP) is 1.87. The molecular weight excluding hydrogens is 302 g/mol. The average Bonchev–Trinajstić information content (AvgIpc) is 3.04. The van der Waals surface area contributed by atoms with E-state index in [4.69, 9.17) is 4.74 Å². The Kier molecular flexibility index (Phi) is 3.94. The van der Waals surface area contributed by atoms with Crippen molar-refractivity contribution in [3.8, 4) is 0 Å². The Morgan fingerprint density at radius 1 is 1.36 bits per heavy atom. The van der Waals surface area contributed by atoms with Crippen molar-refractivity contribution in [2.75, 3.05) is 12.4 Å². The Morgan fingerprint density at radius 3 is 2.59 bits per heavy atom. The summed E-state index contributed by atoms with van der Waals surface area (Å²) in [5, 5.41) is 0. The number of hydrogen-bond donors (Lipinski definition) is 1. The zero-order valence-electron chi connectivity index (χ0n) is 13.7. The molecule has 3 aliphatic rings. The SMILES string of the molecule is CC(NS(=O)(=O)CC12CCC(CC1=O)C2(C)C)C1CCCO1. The van der Waals surface area contributed by atoms with Gasteiger partial charge in [0, 0.05) is 24.5 Å². The molecule has 0 amide bonds. The molecule has 6 heteroatoms. The first-order valence-corrected chi connectivity index (χ1v) is 9.98. The third kappa shape index (κ3) is 2.43. The summed E-state index contributed by atoms with van der Waals surface area (Å²) >= 11 is 0. The Bertz CT molecular complexity index is 565. The maximum atomic E-state index is 12.7. The number of ketones is 1. The van der Waals surface area contributed by atoms with Crippen LogP contribution in [-0.2, 0) is 19.6 Å². The number of carbonyl (C=O) groups excluding carboxylic acids is 1. The van der Waals surface area contributed by atoms with Gasteiger partial charge in [-0.3, -0.25) is 4.79 Å². The van der Waals surface area contributed by atoms with Crippen LogP contribution < -0.4 is 4.72 Å². The number of sulfonamides is 1. The predicted molar refractivity (Wildman–Crippen MR) is 83.9 cm³/mol. The number of carbonyl (C=O) groups is 1. The van der Waals surface area contributed by atoms with Gasteiger partial charge >= 0.3 is 0 Å². The molecule has 3 fully saturated rings. The molecule has 4 unspecified atom stereocenters. The first-order valence-electron chi connectivity index (χ1n) is 8.33. The van der Waals surface area contributed by atoms with Crippen LogP contribution in [0, 0.1) is 16.7 Å². The highest BCUT2D eigenvalue weighted by Gasteiger charge is 2.65. The molecular formula is C16H27NO4S. The summed E-state index contributed by atoms with van der Waals surface area (Å²) in [7, 11) is -3.50. The van der Waals surface area contributed by atoms with Crippen LogP contribution >= 0.6 is 0 Å². The summed E-state index contributed by atoms with van der Waals surface area (Å²) in [6.45, 7) is 6.68. The lowest BCUT2D eigenvalue weighted by Gasteiger charge is -2.36. The summed E-state index contributed by atoms with van der Waals surface area (Å²) in [4.78, 5) is 12.5. The Morgan fingerprint density at radius 2 is 2.09 bits per heavy atom. The molecule has 0 aromatic rings. The Hall–Kier alpha value is -0.460. The quantitative estimate of drug-likeness (QED) is 0.836. The molecule has 0 radical (unpaired) electrons. The summed E-state index contributed by atoms with van der Waals surface area (Å²) in [5.41, 5.74) is -0.911. The lowest BCUT2D eigenvalue weighted by Crippen LogP contribution is -2.49. The van der Waals surface area contributed by atoms with Crippen LogP contribution in [0.15, 0.2) is 0 Å². The van der Waals surface area contributed by atoms with Crippen LogP contribution in [0.5, 0.6) is 0 Å². The minimum absolute atomic E-state index is 0.0455. The summed E-state index contributed by atoms with van der Waals surface area (Å²) in [6.07, 6.45) is 4.05. The van der Waals surface area contributed by atoms with Crippen LogP contribution in [0.4, 0.5) is 0 Å². The molecule has 0 spiro atoms. The van der Waals surface area contributed by atoms with Gasteiger partial charge in [-0.2, -0.15) is 0 Å². The molecule has 0 aromatic heterocycles. The van der Waals surface area contributed by atoms with Gasteiger partial charge < -0.3 is 4.74 Å². The second-order valence-electron chi connectivity index (χ2n) is 7.88. The van der Waals surface area contributed by atoms with E-state index in [0.29, 0.717) is 25.4 Å². The van der Waals surface area contributed by atoms with E-state index in [2.05, 4.69) is 18.6 Å². The second-order valence-corrected chi connectivity index (χ2v) is 9.64. The van der Waals surface area contributed by atoms with Gasteiger partial charge in [-0.15, -0.1) is 0 Å². The first-order chi connectivity index (χ1) is 10.2. The van der Waals surface area contributed by atoms with Crippen molar-refractivity contribution in [3.05, 3.63) is 0 Å². The normalized spacial score (nSPS) is 38.6. The fraction of sp³-hybridized carbons (Fsp3) is 0.938. The van der Waals surface area contributed by atoms with Crippen molar-refractivity contribution in [1.29, 1.82) is 0 Å². The molecule has 3 rings (SSSR count). The van der Waals surface area contributed by atoms with Crippen LogP contribution in [0.2, 0.25) is 0 Å². The lowest BCUT2D eigenvalue weighted by atomic mass is 9.70. The van der Waals surface area contributed by atoms with E-state index in [-0.39, 0.29) is 29.1 Å². The summed E-state index contributed by atoms with van der Waals surface area (Å²) in [6, 6.07) is -0.235. The Balaban J connectivity index is 1.75. The molecule has 1 heterocycles. The molecule has 2 saturated carbocycles. The van der Waals surface area contributed by atoms with E-state index < -0.39 is 15.4 Å². The number of rotatable bonds is 5. The average molecular weight is 329 g/mol. The maximum absolute atomic E-state index is 12.7. The number of Topliss-reactive ketones (excluding diaryl/α,β-unsaturated/α-hetero) is 1. The first kappa shape index (κ1) is 16.4. The van der Waals surface area contributed by atoms with E-state index in [1.807, 2.05) is 6.92 Å². The summed E-state index contributed by atoms with van der Waals surface area (Å²) in [5.74, 6) is 0.411. The van der Waals surface area contributed by atoms with Crippen LogP contribution in [0.1, 0.15) is 52.9 Å². The largest absolute Gasteiger partial charge is 0.377 e. The molecule has 2 bridgehead atoms. The lowest BCUT2D eigenvalue weighted by molar-refractivity contribution is -0.128. The monoisotopic (exact) mass is 329 g/mol. The smallest absolute Gasteiger partial charge is 0.212 e. The van der Waals surface area contributed by atoms with Gasteiger partial charge in [-0.25, -0.2) is 13.1 Å². The van der Waals surface area contributed by atoms with Crippen LogP contribution in [-0.4, -0.2) is 38.7 Å². The number of ether oxygens (including phenoxy) is 1. The molecule has 126 valence electrons. The van der Waals surface area contributed by atoms with E-state index in [9.17, 15) is 13.2 Å². The van der Waals surface area contributed by atoms with Gasteiger partial charge in [0.15, 0.2) is 0 Å². The zero-order chi connectivity index (χ0) is 16.2. The van der Waals surface area contributed by atoms with Crippen molar-refractivity contribution < 1.29 is 17.9 Å². The van der Waals surface area contributed by atoms with E-state index in [1.165, 1.54) is 0 Å². The number of hydrogen-bond acceptors (Lipinski definition) is 4. The van der Waals surface area contributed by atoms with E-state index in [0.717, 1.165) is 19.3 Å². The van der Waals surface area contributed by atoms with Gasteiger partial charge in [0.1, 0.15) is 5.78 Å². The molecule has 4 atom stereocenters. The summed E-state index contributed by atoms with van der Waals surface area (Å²) < 4.78 is 33.6. The molecule has 1 aliphatic heterocycles. The third-order valence-corrected chi connectivity index (χ3v) is 8.07. The maximum Gasteiger partial charge on any atom is 0.212 e. The fourth-order valence-electron chi connectivity index (χ4n) is 4.83. The molecule has 22 heavy (non-hydrogen) atoms. The van der Waals surface area contributed by atoms with Crippen LogP contribution in [0.3, 0.4) is 0 Å². The number of nitrogens with one attached hydrogen (secondary N) is 1. The second kappa shape index (κ2) is 5.28. The third-order valence-electron chi connectivity index (χ3n) is 6.46. The minimum atomic E-state index is -3.50. The van der Waals surface area contributed by atoms with Crippen molar-refractivity contribution in [2.45, 2.75) is 65.0 Å². The highest BCUT2D eigenvalue weighted by Crippen LogP contribution is 2.64. The highest BCUT2D eigenvalue weighted by molar-refractivity contribution is 7.89. The van der Waals surface area contributed by atoms with E-state index in [1.54, 1.807) is 0 Å². The standard InChI is InChI=1S/C16H27NO4S/c1-11(13-5-4-8-21-13)17-22(19,20)10-16-7-6-12(9-14(16)18)15(16,2)3/h11-13,17H,4-10H2,1-3H3. The van der Waals surface area contributed by atoms with Crippen molar-refractivity contribution in [2.24, 2.45) is 16.7 Å². The topological polar surface area (TPSA) is 72.5 Å². The van der Waals surface area contributed by atoms with Gasteiger partial charge in [0.05, 0.1) is 11.9 Å². The Labute approximate surface area is 133 Å². The van der Waals surface area contributed by atoms with Crippen molar-refractivity contribution in [1.82, 2.24) is 4.72 Å². The van der Waals surface area contributed by atoms with Gasteiger partial charge in [-0.05, 0) is 43.9 Å². The van der Waals surface area contributed by atoms with E-state index >= 15 is 0 Å². The zero-order valence-corrected chi connectivity index (χ0v) is 14.5. The molecule has 1 N–H and O–H groups in total. The molecule has 2 aliphatic carbocycles. The van der Waals surface area contributed by atoms with Gasteiger partial charge in [-0.1, -0.05) is 13.8 Å². The van der Waals surface area contributed by atoms with Crippen molar-refractivity contribution >= 4 is 15.8 Å². The molecule has 0 aromatic carbocycles. The fourth-order valence-corrected chi connectivity index (χ4v) is 6.96. The molecule has 5 nitrogen and oxygen atoms in total. The van der Waals surface area contributed by atoms with Gasteiger partial charge in [0.25, 0.3) is 0 Å². The highest BCUT2D eigenvalue weighted by atomic mass is 32.2. The van der Waals surface area contributed by atoms with Crippen molar-refractivity contribution in [3.63, 3.8) is 0 Å². The van der Waals surface area contributed by atoms with Gasteiger partial charge in [0.2, 0.25) is 10.0 Å².